The molecular formula is C16H13ClO2. The fraction of sp³-hybridized carbons (Fsp3) is 0.125. The van der Waals surface area contributed by atoms with Crippen LogP contribution in [0.4, 0.5) is 0 Å². The van der Waals surface area contributed by atoms with E-state index in [1.54, 1.807) is 0 Å². The number of aliphatic hydroxyl groups is 1. The SMILES string of the molecule is OCC#Cc1cccc(OCc2cccc(Cl)c2)c1. The van der Waals surface area contributed by atoms with Gasteiger partial charge in [0.25, 0.3) is 0 Å². The average Bonchev–Trinajstić information content (AvgIpc) is 2.43. The van der Waals surface area contributed by atoms with Gasteiger partial charge in [0.2, 0.25) is 0 Å². The molecule has 0 spiro atoms. The Balaban J connectivity index is 2.03. The molecule has 1 N–H and O–H groups in total. The maximum atomic E-state index is 8.66. The van der Waals surface area contributed by atoms with Crippen LogP contribution in [0.25, 0.3) is 0 Å². The van der Waals surface area contributed by atoms with E-state index >= 15 is 0 Å². The lowest BCUT2D eigenvalue weighted by atomic mass is 10.2. The highest BCUT2D eigenvalue weighted by atomic mass is 35.5. The number of ether oxygens (including phenoxy) is 1. The third kappa shape index (κ3) is 4.33. The molecular weight excluding hydrogens is 260 g/mol. The second kappa shape index (κ2) is 6.84. The fourth-order valence-electron chi connectivity index (χ4n) is 1.60. The molecule has 2 nitrogen and oxygen atoms in total. The first-order valence-corrected chi connectivity index (χ1v) is 6.23. The first-order valence-electron chi connectivity index (χ1n) is 5.85. The Labute approximate surface area is 117 Å². The summed E-state index contributed by atoms with van der Waals surface area (Å²) in [7, 11) is 0. The highest BCUT2D eigenvalue weighted by Gasteiger charge is 1.98. The van der Waals surface area contributed by atoms with Crippen molar-refractivity contribution in [1.29, 1.82) is 0 Å². The van der Waals surface area contributed by atoms with E-state index < -0.39 is 0 Å². The van der Waals surface area contributed by atoms with Crippen LogP contribution in [-0.2, 0) is 6.61 Å². The third-order valence-corrected chi connectivity index (χ3v) is 2.68. The lowest BCUT2D eigenvalue weighted by molar-refractivity contribution is 0.306. The van der Waals surface area contributed by atoms with Gasteiger partial charge >= 0.3 is 0 Å². The molecule has 2 aromatic carbocycles. The molecule has 0 atom stereocenters. The van der Waals surface area contributed by atoms with Gasteiger partial charge in [-0.15, -0.1) is 0 Å². The Kier molecular flexibility index (Phi) is 4.85. The van der Waals surface area contributed by atoms with Gasteiger partial charge in [-0.2, -0.15) is 0 Å². The van der Waals surface area contributed by atoms with Gasteiger partial charge in [0.05, 0.1) is 0 Å². The Morgan fingerprint density at radius 2 is 1.95 bits per heavy atom. The van der Waals surface area contributed by atoms with Gasteiger partial charge in [-0.05, 0) is 35.9 Å². The summed E-state index contributed by atoms with van der Waals surface area (Å²) in [6.07, 6.45) is 0. The molecule has 2 rings (SSSR count). The van der Waals surface area contributed by atoms with Crippen LogP contribution in [0.15, 0.2) is 48.5 Å². The summed E-state index contributed by atoms with van der Waals surface area (Å²) >= 11 is 5.91. The topological polar surface area (TPSA) is 29.5 Å². The molecule has 0 heterocycles. The molecule has 0 saturated carbocycles. The molecule has 2 aromatic rings. The van der Waals surface area contributed by atoms with Gasteiger partial charge in [0, 0.05) is 10.6 Å². The van der Waals surface area contributed by atoms with Crippen molar-refractivity contribution in [3.05, 3.63) is 64.7 Å². The first kappa shape index (κ1) is 13.5. The van der Waals surface area contributed by atoms with E-state index in [9.17, 15) is 0 Å². The third-order valence-electron chi connectivity index (χ3n) is 2.44. The van der Waals surface area contributed by atoms with Gasteiger partial charge in [0.1, 0.15) is 19.0 Å². The molecule has 0 radical (unpaired) electrons. The average molecular weight is 273 g/mol. The van der Waals surface area contributed by atoms with Crippen molar-refractivity contribution in [2.24, 2.45) is 0 Å². The highest BCUT2D eigenvalue weighted by Crippen LogP contribution is 2.16. The number of hydrogen-bond acceptors (Lipinski definition) is 2. The van der Waals surface area contributed by atoms with E-state index in [0.717, 1.165) is 16.9 Å². The van der Waals surface area contributed by atoms with Crippen molar-refractivity contribution in [2.75, 3.05) is 6.61 Å². The molecule has 0 aliphatic heterocycles. The largest absolute Gasteiger partial charge is 0.489 e. The fourth-order valence-corrected chi connectivity index (χ4v) is 1.81. The summed E-state index contributed by atoms with van der Waals surface area (Å²) in [5.41, 5.74) is 1.83. The van der Waals surface area contributed by atoms with Gasteiger partial charge in [-0.3, -0.25) is 0 Å². The summed E-state index contributed by atoms with van der Waals surface area (Å²) in [6, 6.07) is 15.0. The molecule has 96 valence electrons. The van der Waals surface area contributed by atoms with E-state index in [2.05, 4.69) is 11.8 Å². The van der Waals surface area contributed by atoms with Crippen molar-refractivity contribution in [3.8, 4) is 17.6 Å². The second-order valence-electron chi connectivity index (χ2n) is 3.91. The highest BCUT2D eigenvalue weighted by molar-refractivity contribution is 6.30. The Bertz CT molecular complexity index is 611. The maximum Gasteiger partial charge on any atom is 0.121 e. The van der Waals surface area contributed by atoms with Crippen LogP contribution in [0.2, 0.25) is 5.02 Å². The summed E-state index contributed by atoms with van der Waals surface area (Å²) < 4.78 is 5.68. The van der Waals surface area contributed by atoms with Gasteiger partial charge in [0.15, 0.2) is 0 Å². The number of halogens is 1. The van der Waals surface area contributed by atoms with E-state index in [1.165, 1.54) is 0 Å². The van der Waals surface area contributed by atoms with E-state index in [4.69, 9.17) is 21.4 Å². The summed E-state index contributed by atoms with van der Waals surface area (Å²) in [6.45, 7) is 0.311. The predicted octanol–water partition coefficient (Wildman–Crippen LogP) is 3.26. The minimum atomic E-state index is -0.145. The molecule has 0 aliphatic carbocycles. The summed E-state index contributed by atoms with van der Waals surface area (Å²) in [5, 5.41) is 9.36. The molecule has 0 amide bonds. The smallest absolute Gasteiger partial charge is 0.121 e. The number of benzene rings is 2. The zero-order chi connectivity index (χ0) is 13.5. The molecule has 0 fully saturated rings. The summed E-state index contributed by atoms with van der Waals surface area (Å²) in [5.74, 6) is 6.19. The minimum Gasteiger partial charge on any atom is -0.489 e. The molecule has 0 aliphatic rings. The van der Waals surface area contributed by atoms with Crippen LogP contribution in [0.1, 0.15) is 11.1 Å². The lowest BCUT2D eigenvalue weighted by Crippen LogP contribution is -1.95. The van der Waals surface area contributed by atoms with E-state index in [-0.39, 0.29) is 6.61 Å². The van der Waals surface area contributed by atoms with E-state index in [1.807, 2.05) is 48.5 Å². The van der Waals surface area contributed by atoms with Crippen molar-refractivity contribution in [1.82, 2.24) is 0 Å². The minimum absolute atomic E-state index is 0.145. The van der Waals surface area contributed by atoms with Crippen LogP contribution in [0, 0.1) is 11.8 Å². The number of aliphatic hydroxyl groups excluding tert-OH is 1. The zero-order valence-electron chi connectivity index (χ0n) is 10.3. The first-order chi connectivity index (χ1) is 9.28. The van der Waals surface area contributed by atoms with Crippen LogP contribution < -0.4 is 4.74 Å². The Morgan fingerprint density at radius 3 is 2.74 bits per heavy atom. The monoisotopic (exact) mass is 272 g/mol. The van der Waals surface area contributed by atoms with Crippen molar-refractivity contribution in [3.63, 3.8) is 0 Å². The van der Waals surface area contributed by atoms with Crippen LogP contribution in [-0.4, -0.2) is 11.7 Å². The normalized spacial score (nSPS) is 9.58. The van der Waals surface area contributed by atoms with Crippen LogP contribution in [0.3, 0.4) is 0 Å². The second-order valence-corrected chi connectivity index (χ2v) is 4.34. The Hall–Kier alpha value is -1.95. The number of hydrogen-bond donors (Lipinski definition) is 1. The van der Waals surface area contributed by atoms with Crippen LogP contribution >= 0.6 is 11.6 Å². The zero-order valence-corrected chi connectivity index (χ0v) is 11.0. The van der Waals surface area contributed by atoms with Crippen molar-refractivity contribution < 1.29 is 9.84 Å². The van der Waals surface area contributed by atoms with Crippen LogP contribution in [0.5, 0.6) is 5.75 Å². The number of rotatable bonds is 3. The van der Waals surface area contributed by atoms with Gasteiger partial charge < -0.3 is 9.84 Å². The Morgan fingerprint density at radius 1 is 1.11 bits per heavy atom. The van der Waals surface area contributed by atoms with Crippen molar-refractivity contribution in [2.45, 2.75) is 6.61 Å². The van der Waals surface area contributed by atoms with Gasteiger partial charge in [-0.1, -0.05) is 41.6 Å². The maximum absolute atomic E-state index is 8.66. The van der Waals surface area contributed by atoms with Gasteiger partial charge in [-0.25, -0.2) is 0 Å². The molecule has 0 aromatic heterocycles. The standard InChI is InChI=1S/C16H13ClO2/c17-15-7-1-5-14(10-15)12-19-16-8-2-4-13(11-16)6-3-9-18/h1-2,4-5,7-8,10-11,18H,9,12H2. The molecule has 0 unspecified atom stereocenters. The molecule has 0 bridgehead atoms. The van der Waals surface area contributed by atoms with E-state index in [0.29, 0.717) is 11.6 Å². The predicted molar refractivity (Wildman–Crippen MR) is 76.2 cm³/mol. The molecule has 19 heavy (non-hydrogen) atoms. The summed E-state index contributed by atoms with van der Waals surface area (Å²) in [4.78, 5) is 0. The molecule has 0 saturated heterocycles. The molecule has 3 heteroatoms. The lowest BCUT2D eigenvalue weighted by Gasteiger charge is -2.06. The van der Waals surface area contributed by atoms with Crippen molar-refractivity contribution >= 4 is 11.6 Å². The quantitative estimate of drug-likeness (QED) is 0.869.